The van der Waals surface area contributed by atoms with E-state index in [1.165, 1.54) is 12.8 Å². The molecule has 1 fully saturated rings. The van der Waals surface area contributed by atoms with Gasteiger partial charge in [0, 0.05) is 32.8 Å². The smallest absolute Gasteiger partial charge is 0.0823 e. The van der Waals surface area contributed by atoms with Crippen LogP contribution in [0.4, 0.5) is 0 Å². The van der Waals surface area contributed by atoms with Crippen molar-refractivity contribution in [3.05, 3.63) is 0 Å². The Bertz CT molecular complexity index is 172. The van der Waals surface area contributed by atoms with E-state index in [0.717, 1.165) is 32.8 Å². The Morgan fingerprint density at radius 3 is 2.81 bits per heavy atom. The molecule has 2 atom stereocenters. The van der Waals surface area contributed by atoms with Gasteiger partial charge in [0.05, 0.1) is 12.2 Å². The summed E-state index contributed by atoms with van der Waals surface area (Å²) in [6, 6.07) is 0. The van der Waals surface area contributed by atoms with E-state index in [1.54, 1.807) is 0 Å². The van der Waals surface area contributed by atoms with Gasteiger partial charge in [0.15, 0.2) is 0 Å². The predicted molar refractivity (Wildman–Crippen MR) is 65.6 cm³/mol. The lowest BCUT2D eigenvalue weighted by Gasteiger charge is -2.27. The summed E-state index contributed by atoms with van der Waals surface area (Å²) >= 11 is 0. The van der Waals surface area contributed by atoms with E-state index in [0.29, 0.717) is 12.6 Å². The Hall–Kier alpha value is -0.160. The van der Waals surface area contributed by atoms with Crippen molar-refractivity contribution >= 4 is 0 Å². The lowest BCUT2D eigenvalue weighted by molar-refractivity contribution is 0.0202. The molecular formula is C12H26N2O2. The zero-order valence-corrected chi connectivity index (χ0v) is 10.7. The van der Waals surface area contributed by atoms with Crippen molar-refractivity contribution in [1.29, 1.82) is 0 Å². The van der Waals surface area contributed by atoms with Gasteiger partial charge < -0.3 is 15.2 Å². The minimum Gasteiger partial charge on any atom is -0.377 e. The second-order valence-corrected chi connectivity index (χ2v) is 4.30. The molecule has 96 valence electrons. The van der Waals surface area contributed by atoms with Gasteiger partial charge in [-0.05, 0) is 26.3 Å². The zero-order valence-electron chi connectivity index (χ0n) is 10.7. The molecule has 16 heavy (non-hydrogen) atoms. The third kappa shape index (κ3) is 4.78. The first kappa shape index (κ1) is 13.9. The van der Waals surface area contributed by atoms with E-state index in [1.807, 2.05) is 6.92 Å². The Morgan fingerprint density at radius 1 is 1.50 bits per heavy atom. The van der Waals surface area contributed by atoms with Crippen LogP contribution in [-0.2, 0) is 9.47 Å². The summed E-state index contributed by atoms with van der Waals surface area (Å²) in [7, 11) is 0. The molecule has 0 bridgehead atoms. The van der Waals surface area contributed by atoms with Crippen LogP contribution in [0.5, 0.6) is 0 Å². The molecule has 1 aliphatic heterocycles. The third-order valence-electron chi connectivity index (χ3n) is 3.06. The topological polar surface area (TPSA) is 47.7 Å². The second-order valence-electron chi connectivity index (χ2n) is 4.30. The number of nitrogens with zero attached hydrogens (tertiary/aromatic N) is 1. The maximum Gasteiger partial charge on any atom is 0.0823 e. The quantitative estimate of drug-likeness (QED) is 0.671. The summed E-state index contributed by atoms with van der Waals surface area (Å²) < 4.78 is 11.2. The Morgan fingerprint density at radius 2 is 2.31 bits per heavy atom. The van der Waals surface area contributed by atoms with Crippen molar-refractivity contribution in [2.45, 2.75) is 38.9 Å². The summed E-state index contributed by atoms with van der Waals surface area (Å²) in [6.45, 7) is 9.40. The van der Waals surface area contributed by atoms with Gasteiger partial charge in [-0.2, -0.15) is 0 Å². The number of nitrogens with two attached hydrogens (primary N) is 1. The maximum absolute atomic E-state index is 5.69. The fourth-order valence-corrected chi connectivity index (χ4v) is 2.13. The summed E-state index contributed by atoms with van der Waals surface area (Å²) in [6.07, 6.45) is 2.97. The standard InChI is InChI=1S/C12H26N2O2/c1-3-14(9-11-6-5-7-16-11)10-12(8-13)15-4-2/h11-12H,3-10,13H2,1-2H3. The third-order valence-corrected chi connectivity index (χ3v) is 3.06. The van der Waals surface area contributed by atoms with Crippen molar-refractivity contribution < 1.29 is 9.47 Å². The van der Waals surface area contributed by atoms with E-state index in [9.17, 15) is 0 Å². The van der Waals surface area contributed by atoms with Gasteiger partial charge >= 0.3 is 0 Å². The molecule has 1 rings (SSSR count). The number of rotatable bonds is 8. The fraction of sp³-hybridized carbons (Fsp3) is 1.00. The number of hydrogen-bond donors (Lipinski definition) is 1. The normalized spacial score (nSPS) is 22.9. The first-order valence-corrected chi connectivity index (χ1v) is 6.45. The number of hydrogen-bond acceptors (Lipinski definition) is 4. The SMILES string of the molecule is CCOC(CN)CN(CC)CC1CCCO1. The molecule has 0 radical (unpaired) electrons. The molecule has 1 aliphatic rings. The predicted octanol–water partition coefficient (Wildman–Crippen LogP) is 0.851. The summed E-state index contributed by atoms with van der Waals surface area (Å²) in [5, 5.41) is 0. The van der Waals surface area contributed by atoms with Gasteiger partial charge in [-0.1, -0.05) is 6.92 Å². The van der Waals surface area contributed by atoms with Gasteiger partial charge in [-0.15, -0.1) is 0 Å². The summed E-state index contributed by atoms with van der Waals surface area (Å²) in [5.41, 5.74) is 5.69. The lowest BCUT2D eigenvalue weighted by Crippen LogP contribution is -2.41. The molecule has 0 aromatic carbocycles. The van der Waals surface area contributed by atoms with Crippen LogP contribution >= 0.6 is 0 Å². The van der Waals surface area contributed by atoms with Gasteiger partial charge in [0.25, 0.3) is 0 Å². The van der Waals surface area contributed by atoms with E-state index in [4.69, 9.17) is 15.2 Å². The maximum atomic E-state index is 5.69. The average molecular weight is 230 g/mol. The molecule has 0 aromatic heterocycles. The Labute approximate surface area is 99.1 Å². The van der Waals surface area contributed by atoms with Crippen LogP contribution in [0.25, 0.3) is 0 Å². The first-order chi connectivity index (χ1) is 7.80. The minimum atomic E-state index is 0.159. The van der Waals surface area contributed by atoms with Crippen LogP contribution in [0.2, 0.25) is 0 Å². The molecule has 0 aliphatic carbocycles. The molecule has 0 spiro atoms. The molecule has 4 heteroatoms. The van der Waals surface area contributed by atoms with Crippen LogP contribution < -0.4 is 5.73 Å². The summed E-state index contributed by atoms with van der Waals surface area (Å²) in [4.78, 5) is 2.38. The molecular weight excluding hydrogens is 204 g/mol. The van der Waals surface area contributed by atoms with E-state index in [2.05, 4.69) is 11.8 Å². The van der Waals surface area contributed by atoms with E-state index in [-0.39, 0.29) is 6.10 Å². The highest BCUT2D eigenvalue weighted by atomic mass is 16.5. The van der Waals surface area contributed by atoms with Crippen LogP contribution in [0.15, 0.2) is 0 Å². The highest BCUT2D eigenvalue weighted by Crippen LogP contribution is 2.13. The molecule has 0 saturated carbocycles. The highest BCUT2D eigenvalue weighted by molar-refractivity contribution is 4.73. The van der Waals surface area contributed by atoms with E-state index < -0.39 is 0 Å². The molecule has 0 amide bonds. The van der Waals surface area contributed by atoms with Crippen molar-refractivity contribution in [1.82, 2.24) is 4.90 Å². The number of ether oxygens (including phenoxy) is 2. The van der Waals surface area contributed by atoms with Gasteiger partial charge in [0.2, 0.25) is 0 Å². The number of likely N-dealkylation sites (N-methyl/N-ethyl adjacent to an activating group) is 1. The fourth-order valence-electron chi connectivity index (χ4n) is 2.13. The molecule has 4 nitrogen and oxygen atoms in total. The zero-order chi connectivity index (χ0) is 11.8. The second kappa shape index (κ2) is 8.01. The molecule has 2 unspecified atom stereocenters. The molecule has 1 saturated heterocycles. The van der Waals surface area contributed by atoms with Gasteiger partial charge in [-0.25, -0.2) is 0 Å². The molecule has 2 N–H and O–H groups in total. The highest BCUT2D eigenvalue weighted by Gasteiger charge is 2.20. The van der Waals surface area contributed by atoms with Crippen LogP contribution in [0, 0.1) is 0 Å². The van der Waals surface area contributed by atoms with Crippen LogP contribution in [-0.4, -0.2) is 56.5 Å². The summed E-state index contributed by atoms with van der Waals surface area (Å²) in [5.74, 6) is 0. The Balaban J connectivity index is 2.28. The van der Waals surface area contributed by atoms with Crippen molar-refractivity contribution in [3.8, 4) is 0 Å². The van der Waals surface area contributed by atoms with Gasteiger partial charge in [-0.3, -0.25) is 4.90 Å². The van der Waals surface area contributed by atoms with Crippen molar-refractivity contribution in [2.24, 2.45) is 5.73 Å². The van der Waals surface area contributed by atoms with E-state index >= 15 is 0 Å². The Kier molecular flexibility index (Phi) is 6.96. The first-order valence-electron chi connectivity index (χ1n) is 6.45. The average Bonchev–Trinajstić information content (AvgIpc) is 2.80. The lowest BCUT2D eigenvalue weighted by atomic mass is 10.2. The largest absolute Gasteiger partial charge is 0.377 e. The molecule has 1 heterocycles. The van der Waals surface area contributed by atoms with Crippen molar-refractivity contribution in [3.63, 3.8) is 0 Å². The minimum absolute atomic E-state index is 0.159. The van der Waals surface area contributed by atoms with Gasteiger partial charge in [0.1, 0.15) is 0 Å². The van der Waals surface area contributed by atoms with Crippen LogP contribution in [0.3, 0.4) is 0 Å². The monoisotopic (exact) mass is 230 g/mol. The van der Waals surface area contributed by atoms with Crippen LogP contribution in [0.1, 0.15) is 26.7 Å². The molecule has 0 aromatic rings. The van der Waals surface area contributed by atoms with Crippen molar-refractivity contribution in [2.75, 3.05) is 39.4 Å².